The van der Waals surface area contributed by atoms with Crippen molar-refractivity contribution in [3.63, 3.8) is 0 Å². The first-order chi connectivity index (χ1) is 15.5. The molecule has 3 aromatic rings. The van der Waals surface area contributed by atoms with Crippen LogP contribution in [0.15, 0.2) is 60.3 Å². The summed E-state index contributed by atoms with van der Waals surface area (Å²) in [5, 5.41) is 12.4. The maximum absolute atomic E-state index is 12.5. The van der Waals surface area contributed by atoms with E-state index < -0.39 is 0 Å². The van der Waals surface area contributed by atoms with Crippen LogP contribution in [-0.4, -0.2) is 33.5 Å². The summed E-state index contributed by atoms with van der Waals surface area (Å²) in [7, 11) is 1.67. The number of hydrogen-bond acceptors (Lipinski definition) is 5. The molecule has 0 saturated carbocycles. The quantitative estimate of drug-likeness (QED) is 0.329. The normalized spacial score (nSPS) is 10.7. The fourth-order valence-electron chi connectivity index (χ4n) is 3.37. The van der Waals surface area contributed by atoms with Gasteiger partial charge in [0.1, 0.15) is 11.6 Å². The molecule has 0 atom stereocenters. The number of benzene rings is 2. The van der Waals surface area contributed by atoms with Gasteiger partial charge >= 0.3 is 0 Å². The number of anilines is 1. The van der Waals surface area contributed by atoms with Gasteiger partial charge in [-0.3, -0.25) is 4.79 Å². The largest absolute Gasteiger partial charge is 0.497 e. The topological polar surface area (TPSA) is 69.0 Å². The van der Waals surface area contributed by atoms with Gasteiger partial charge in [-0.2, -0.15) is 0 Å². The van der Waals surface area contributed by atoms with Crippen molar-refractivity contribution >= 4 is 23.4 Å². The first-order valence-corrected chi connectivity index (χ1v) is 11.6. The number of ether oxygens (including phenoxy) is 1. The number of hydrogen-bond donors (Lipinski definition) is 1. The molecular weight excluding hydrogens is 420 g/mol. The molecule has 0 bridgehead atoms. The molecule has 6 nitrogen and oxygen atoms in total. The molecule has 1 amide bonds. The summed E-state index contributed by atoms with van der Waals surface area (Å²) >= 11 is 1.39. The minimum atomic E-state index is -0.0575. The third kappa shape index (κ3) is 6.23. The number of amides is 1. The monoisotopic (exact) mass is 450 g/mol. The lowest BCUT2D eigenvalue weighted by molar-refractivity contribution is -0.113. The minimum absolute atomic E-state index is 0.0575. The third-order valence-corrected chi connectivity index (χ3v) is 6.31. The number of rotatable bonds is 11. The Labute approximate surface area is 194 Å². The molecule has 0 aliphatic carbocycles. The molecule has 1 heterocycles. The zero-order valence-corrected chi connectivity index (χ0v) is 19.7. The fourth-order valence-corrected chi connectivity index (χ4v) is 4.14. The fraction of sp³-hybridized carbons (Fsp3) is 0.320. The van der Waals surface area contributed by atoms with Gasteiger partial charge in [0.15, 0.2) is 5.16 Å². The van der Waals surface area contributed by atoms with Gasteiger partial charge in [-0.05, 0) is 61.6 Å². The predicted octanol–water partition coefficient (Wildman–Crippen LogP) is 5.00. The van der Waals surface area contributed by atoms with Crippen molar-refractivity contribution in [2.75, 3.05) is 18.2 Å². The van der Waals surface area contributed by atoms with E-state index >= 15 is 0 Å². The van der Waals surface area contributed by atoms with Gasteiger partial charge in [0, 0.05) is 18.7 Å². The Morgan fingerprint density at radius 1 is 1.16 bits per heavy atom. The summed E-state index contributed by atoms with van der Waals surface area (Å²) < 4.78 is 7.25. The SMILES string of the molecule is C=CCn1c(CCCc2ccc(OC)cc2)nnc1SCC(=O)Nc1cccc(C)c1C. The number of carbonyl (C=O) groups excluding carboxylic acids is 1. The molecule has 0 aliphatic rings. The summed E-state index contributed by atoms with van der Waals surface area (Å²) in [5.41, 5.74) is 4.35. The van der Waals surface area contributed by atoms with E-state index in [0.717, 1.165) is 52.8 Å². The van der Waals surface area contributed by atoms with Crippen LogP contribution in [0.4, 0.5) is 5.69 Å². The van der Waals surface area contributed by atoms with E-state index in [1.807, 2.05) is 54.8 Å². The maximum atomic E-state index is 12.5. The Morgan fingerprint density at radius 2 is 1.94 bits per heavy atom. The molecule has 0 fully saturated rings. The number of methoxy groups -OCH3 is 1. The van der Waals surface area contributed by atoms with Crippen molar-refractivity contribution in [2.24, 2.45) is 0 Å². The molecule has 0 radical (unpaired) electrons. The maximum Gasteiger partial charge on any atom is 0.234 e. The van der Waals surface area contributed by atoms with Crippen molar-refractivity contribution in [3.8, 4) is 5.75 Å². The Morgan fingerprint density at radius 3 is 2.66 bits per heavy atom. The van der Waals surface area contributed by atoms with Gasteiger partial charge in [0.2, 0.25) is 5.91 Å². The average molecular weight is 451 g/mol. The van der Waals surface area contributed by atoms with E-state index in [-0.39, 0.29) is 11.7 Å². The standard InChI is InChI=1S/C25H30N4O2S/c1-5-16-29-23(11-7-9-20-12-14-21(31-4)15-13-20)27-28-25(29)32-17-24(30)26-22-10-6-8-18(2)19(22)3/h5-6,8,10,12-15H,1,7,9,11,16-17H2,2-4H3,(H,26,30). The van der Waals surface area contributed by atoms with Crippen LogP contribution in [0.3, 0.4) is 0 Å². The Balaban J connectivity index is 1.56. The van der Waals surface area contributed by atoms with Crippen LogP contribution < -0.4 is 10.1 Å². The second-order valence-electron chi connectivity index (χ2n) is 7.58. The van der Waals surface area contributed by atoms with Crippen LogP contribution >= 0.6 is 11.8 Å². The molecule has 0 spiro atoms. The van der Waals surface area contributed by atoms with Gasteiger partial charge in [-0.25, -0.2) is 0 Å². The van der Waals surface area contributed by atoms with Crippen molar-refractivity contribution < 1.29 is 9.53 Å². The highest BCUT2D eigenvalue weighted by Crippen LogP contribution is 2.21. The van der Waals surface area contributed by atoms with Gasteiger partial charge < -0.3 is 14.6 Å². The molecule has 2 aromatic carbocycles. The zero-order chi connectivity index (χ0) is 22.9. The smallest absolute Gasteiger partial charge is 0.234 e. The molecule has 1 N–H and O–H groups in total. The van der Waals surface area contributed by atoms with E-state index in [4.69, 9.17) is 4.74 Å². The summed E-state index contributed by atoms with van der Waals surface area (Å²) in [6.45, 7) is 8.52. The number of allylic oxidation sites excluding steroid dienone is 1. The lowest BCUT2D eigenvalue weighted by Crippen LogP contribution is -2.15. The van der Waals surface area contributed by atoms with Crippen LogP contribution in [0.5, 0.6) is 5.75 Å². The number of carbonyl (C=O) groups is 1. The molecule has 0 aliphatic heterocycles. The third-order valence-electron chi connectivity index (χ3n) is 5.34. The van der Waals surface area contributed by atoms with E-state index in [1.54, 1.807) is 7.11 Å². The summed E-state index contributed by atoms with van der Waals surface area (Å²) in [4.78, 5) is 12.5. The van der Waals surface area contributed by atoms with E-state index in [2.05, 4.69) is 34.2 Å². The minimum Gasteiger partial charge on any atom is -0.497 e. The number of nitrogens with one attached hydrogen (secondary N) is 1. The highest BCUT2D eigenvalue weighted by Gasteiger charge is 2.14. The molecular formula is C25H30N4O2S. The molecule has 1 aromatic heterocycles. The first-order valence-electron chi connectivity index (χ1n) is 10.7. The summed E-state index contributed by atoms with van der Waals surface area (Å²) in [6, 6.07) is 14.0. The van der Waals surface area contributed by atoms with Crippen LogP contribution in [-0.2, 0) is 24.2 Å². The van der Waals surface area contributed by atoms with Crippen LogP contribution in [0, 0.1) is 13.8 Å². The number of nitrogens with zero attached hydrogens (tertiary/aromatic N) is 3. The molecule has 168 valence electrons. The second kappa shape index (κ2) is 11.5. The molecule has 7 heteroatoms. The zero-order valence-electron chi connectivity index (χ0n) is 18.9. The number of aromatic nitrogens is 3. The van der Waals surface area contributed by atoms with Crippen molar-refractivity contribution in [3.05, 3.63) is 77.6 Å². The highest BCUT2D eigenvalue weighted by atomic mass is 32.2. The predicted molar refractivity (Wildman–Crippen MR) is 131 cm³/mol. The highest BCUT2D eigenvalue weighted by molar-refractivity contribution is 7.99. The first kappa shape index (κ1) is 23.6. The number of thioether (sulfide) groups is 1. The Kier molecular flexibility index (Phi) is 8.50. The molecule has 32 heavy (non-hydrogen) atoms. The lowest BCUT2D eigenvalue weighted by atomic mass is 10.1. The van der Waals surface area contributed by atoms with Gasteiger partial charge in [0.05, 0.1) is 12.9 Å². The van der Waals surface area contributed by atoms with Gasteiger partial charge in [-0.1, -0.05) is 42.1 Å². The van der Waals surface area contributed by atoms with E-state index in [9.17, 15) is 4.79 Å². The van der Waals surface area contributed by atoms with Crippen LogP contribution in [0.1, 0.15) is 28.9 Å². The van der Waals surface area contributed by atoms with Crippen LogP contribution in [0.25, 0.3) is 0 Å². The summed E-state index contributed by atoms with van der Waals surface area (Å²) in [5.74, 6) is 1.99. The molecule has 0 saturated heterocycles. The average Bonchev–Trinajstić information content (AvgIpc) is 3.18. The second-order valence-corrected chi connectivity index (χ2v) is 8.53. The van der Waals surface area contributed by atoms with Crippen molar-refractivity contribution in [1.29, 1.82) is 0 Å². The molecule has 3 rings (SSSR count). The van der Waals surface area contributed by atoms with Crippen molar-refractivity contribution in [2.45, 2.75) is 44.8 Å². The van der Waals surface area contributed by atoms with E-state index in [1.165, 1.54) is 17.3 Å². The molecule has 0 unspecified atom stereocenters. The lowest BCUT2D eigenvalue weighted by Gasteiger charge is -2.11. The number of aryl methyl sites for hydroxylation is 3. The van der Waals surface area contributed by atoms with Gasteiger partial charge in [0.25, 0.3) is 0 Å². The van der Waals surface area contributed by atoms with Gasteiger partial charge in [-0.15, -0.1) is 16.8 Å². The Hall–Kier alpha value is -3.06. The van der Waals surface area contributed by atoms with Crippen LogP contribution in [0.2, 0.25) is 0 Å². The van der Waals surface area contributed by atoms with E-state index in [0.29, 0.717) is 6.54 Å². The summed E-state index contributed by atoms with van der Waals surface area (Å²) in [6.07, 6.45) is 4.55. The Bertz CT molecular complexity index is 1060. The van der Waals surface area contributed by atoms with Crippen molar-refractivity contribution in [1.82, 2.24) is 14.8 Å².